The molecule has 0 spiro atoms. The highest BCUT2D eigenvalue weighted by atomic mass is 15.1. The van der Waals surface area contributed by atoms with Crippen LogP contribution in [0.1, 0.15) is 89.8 Å². The molecule has 0 aliphatic carbocycles. The normalized spacial score (nSPS) is 14.2. The molecule has 0 saturated carbocycles. The third-order valence-electron chi connectivity index (χ3n) is 4.43. The lowest BCUT2D eigenvalue weighted by atomic mass is 9.74. The maximum Gasteiger partial charge on any atom is 0.0880 e. The van der Waals surface area contributed by atoms with E-state index >= 15 is 0 Å². The molecule has 0 radical (unpaired) electrons. The zero-order valence-corrected chi connectivity index (χ0v) is 13.7. The van der Waals surface area contributed by atoms with E-state index in [0.717, 1.165) is 5.69 Å². The van der Waals surface area contributed by atoms with Crippen molar-refractivity contribution < 1.29 is 0 Å². The number of hydrogen-bond donors (Lipinski definition) is 1. The first-order chi connectivity index (χ1) is 9.68. The van der Waals surface area contributed by atoms with Gasteiger partial charge in [0, 0.05) is 11.8 Å². The van der Waals surface area contributed by atoms with Gasteiger partial charge in [0.2, 0.25) is 0 Å². The summed E-state index contributed by atoms with van der Waals surface area (Å²) in [6, 6.07) is 0. The van der Waals surface area contributed by atoms with E-state index in [9.17, 15) is 0 Å². The molecule has 1 unspecified atom stereocenters. The van der Waals surface area contributed by atoms with Crippen LogP contribution < -0.4 is 0 Å². The largest absolute Gasteiger partial charge is 0.285 e. The number of nitrogens with zero attached hydrogens (tertiary/aromatic N) is 1. The van der Waals surface area contributed by atoms with Crippen molar-refractivity contribution in [2.24, 2.45) is 0 Å². The van der Waals surface area contributed by atoms with Crippen LogP contribution >= 0.6 is 0 Å². The van der Waals surface area contributed by atoms with Gasteiger partial charge in [0.25, 0.3) is 0 Å². The highest BCUT2D eigenvalue weighted by Crippen LogP contribution is 2.36. The van der Waals surface area contributed by atoms with Crippen LogP contribution in [0.15, 0.2) is 12.8 Å². The highest BCUT2D eigenvalue weighted by Gasteiger charge is 2.28. The van der Waals surface area contributed by atoms with Gasteiger partial charge in [-0.3, -0.25) is 5.10 Å². The van der Waals surface area contributed by atoms with Crippen LogP contribution in [0.3, 0.4) is 0 Å². The molecule has 0 aliphatic heterocycles. The lowest BCUT2D eigenvalue weighted by Crippen LogP contribution is -2.22. The molecule has 0 fully saturated rings. The van der Waals surface area contributed by atoms with E-state index in [0.29, 0.717) is 0 Å². The minimum absolute atomic E-state index is 0.249. The van der Waals surface area contributed by atoms with E-state index < -0.39 is 0 Å². The zero-order valence-electron chi connectivity index (χ0n) is 13.7. The van der Waals surface area contributed by atoms with Gasteiger partial charge in [-0.25, -0.2) is 0 Å². The van der Waals surface area contributed by atoms with Gasteiger partial charge in [0.15, 0.2) is 0 Å². The Balaban J connectivity index is 2.74. The van der Waals surface area contributed by atoms with E-state index in [-0.39, 0.29) is 5.41 Å². The molecule has 0 aliphatic rings. The summed E-state index contributed by atoms with van der Waals surface area (Å²) in [7, 11) is 0. The number of aromatic nitrogens is 2. The number of unbranched alkanes of at least 4 members (excludes halogenated alkanes) is 5. The maximum atomic E-state index is 4.33. The monoisotopic (exact) mass is 276 g/mol. The van der Waals surface area contributed by atoms with Crippen LogP contribution in [0.4, 0.5) is 0 Å². The molecule has 0 amide bonds. The first-order valence-electron chi connectivity index (χ1n) is 8.34. The van der Waals surface area contributed by atoms with Crippen molar-refractivity contribution in [1.82, 2.24) is 10.2 Å². The molecule has 0 bridgehead atoms. The molecule has 1 heterocycles. The molecule has 0 aromatic carbocycles. The summed E-state index contributed by atoms with van der Waals surface area (Å²) in [5, 5.41) is 7.36. The number of rotatable bonds is 11. The van der Waals surface area contributed by atoms with Crippen LogP contribution in [0.5, 0.6) is 0 Å². The summed E-state index contributed by atoms with van der Waals surface area (Å²) >= 11 is 0. The molecule has 20 heavy (non-hydrogen) atoms. The second-order valence-corrected chi connectivity index (χ2v) is 6.22. The molecule has 1 aromatic heterocycles. The Morgan fingerprint density at radius 3 is 2.30 bits per heavy atom. The number of H-pyrrole nitrogens is 1. The topological polar surface area (TPSA) is 28.7 Å². The van der Waals surface area contributed by atoms with Crippen LogP contribution in [0, 0.1) is 0 Å². The third kappa shape index (κ3) is 4.81. The van der Waals surface area contributed by atoms with Crippen LogP contribution in [0.2, 0.25) is 0 Å². The van der Waals surface area contributed by atoms with Gasteiger partial charge in [-0.05, 0) is 24.3 Å². The average molecular weight is 276 g/mol. The predicted molar refractivity (Wildman–Crippen MR) is 88.9 cm³/mol. The van der Waals surface area contributed by atoms with Crippen molar-refractivity contribution in [3.05, 3.63) is 24.0 Å². The molecule has 1 N–H and O–H groups in total. The molecule has 2 heteroatoms. The standard InChI is InChI=1S/C18H32N2/c1-5-8-10-12-14-18(4,13-11-9-6-2)16-15-19-20-17(16)7-3/h7,15H,3,5-6,8-14H2,1-2,4H3,(H,19,20). The lowest BCUT2D eigenvalue weighted by molar-refractivity contribution is 0.365. The van der Waals surface area contributed by atoms with Crippen molar-refractivity contribution in [2.75, 3.05) is 0 Å². The van der Waals surface area contributed by atoms with E-state index in [1.54, 1.807) is 0 Å². The number of nitrogens with one attached hydrogen (secondary N) is 1. The Morgan fingerprint density at radius 1 is 1.10 bits per heavy atom. The highest BCUT2D eigenvalue weighted by molar-refractivity contribution is 5.48. The third-order valence-corrected chi connectivity index (χ3v) is 4.43. The van der Waals surface area contributed by atoms with Crippen molar-refractivity contribution >= 4 is 6.08 Å². The Labute approximate surface area is 125 Å². The Morgan fingerprint density at radius 2 is 1.70 bits per heavy atom. The van der Waals surface area contributed by atoms with Crippen molar-refractivity contribution in [1.29, 1.82) is 0 Å². The van der Waals surface area contributed by atoms with Crippen LogP contribution in [-0.2, 0) is 5.41 Å². The Hall–Kier alpha value is -1.05. The van der Waals surface area contributed by atoms with Gasteiger partial charge >= 0.3 is 0 Å². The second kappa shape index (κ2) is 8.99. The second-order valence-electron chi connectivity index (χ2n) is 6.22. The molecular formula is C18H32N2. The molecule has 114 valence electrons. The fourth-order valence-electron chi connectivity index (χ4n) is 3.04. The predicted octanol–water partition coefficient (Wildman–Crippen LogP) is 5.86. The summed E-state index contributed by atoms with van der Waals surface area (Å²) in [6.45, 7) is 10.8. The van der Waals surface area contributed by atoms with Crippen LogP contribution in [-0.4, -0.2) is 10.2 Å². The summed E-state index contributed by atoms with van der Waals surface area (Å²) in [4.78, 5) is 0. The van der Waals surface area contributed by atoms with Gasteiger partial charge in [-0.1, -0.05) is 72.3 Å². The summed E-state index contributed by atoms with van der Waals surface area (Å²) in [5.41, 5.74) is 2.65. The zero-order chi connectivity index (χ0) is 14.8. The number of aromatic amines is 1. The first-order valence-corrected chi connectivity index (χ1v) is 8.34. The maximum absolute atomic E-state index is 4.33. The minimum Gasteiger partial charge on any atom is -0.285 e. The molecule has 1 rings (SSSR count). The van der Waals surface area contributed by atoms with Crippen molar-refractivity contribution in [3.8, 4) is 0 Å². The van der Waals surface area contributed by atoms with Crippen molar-refractivity contribution in [3.63, 3.8) is 0 Å². The Kier molecular flexibility index (Phi) is 7.64. The van der Waals surface area contributed by atoms with E-state index in [1.807, 2.05) is 6.08 Å². The fraction of sp³-hybridized carbons (Fsp3) is 0.722. The minimum atomic E-state index is 0.249. The molecule has 0 saturated heterocycles. The quantitative estimate of drug-likeness (QED) is 0.504. The van der Waals surface area contributed by atoms with E-state index in [2.05, 4.69) is 43.7 Å². The van der Waals surface area contributed by atoms with Crippen molar-refractivity contribution in [2.45, 2.75) is 84.0 Å². The smallest absolute Gasteiger partial charge is 0.0880 e. The molecule has 2 nitrogen and oxygen atoms in total. The fourth-order valence-corrected chi connectivity index (χ4v) is 3.04. The molecule has 1 atom stereocenters. The summed E-state index contributed by atoms with van der Waals surface area (Å²) < 4.78 is 0. The van der Waals surface area contributed by atoms with E-state index in [4.69, 9.17) is 0 Å². The summed E-state index contributed by atoms with van der Waals surface area (Å²) in [6.07, 6.45) is 15.7. The number of hydrogen-bond acceptors (Lipinski definition) is 1. The first kappa shape index (κ1) is 17.0. The van der Waals surface area contributed by atoms with E-state index in [1.165, 1.54) is 63.4 Å². The Bertz CT molecular complexity index is 381. The van der Waals surface area contributed by atoms with Gasteiger partial charge in [-0.15, -0.1) is 0 Å². The van der Waals surface area contributed by atoms with Gasteiger partial charge < -0.3 is 0 Å². The van der Waals surface area contributed by atoms with Gasteiger partial charge in [-0.2, -0.15) is 5.10 Å². The SMILES string of the molecule is C=Cc1n[nH]cc1C(C)(CCCCC)CCCCCC. The lowest BCUT2D eigenvalue weighted by Gasteiger charge is -2.30. The van der Waals surface area contributed by atoms with Gasteiger partial charge in [0.05, 0.1) is 5.69 Å². The average Bonchev–Trinajstić information content (AvgIpc) is 2.93. The molecular weight excluding hydrogens is 244 g/mol. The van der Waals surface area contributed by atoms with Crippen LogP contribution in [0.25, 0.3) is 6.08 Å². The summed E-state index contributed by atoms with van der Waals surface area (Å²) in [5.74, 6) is 0. The molecule has 1 aromatic rings. The van der Waals surface area contributed by atoms with Gasteiger partial charge in [0.1, 0.15) is 0 Å².